The lowest BCUT2D eigenvalue weighted by molar-refractivity contribution is -0.170. The Balaban J connectivity index is 2.08. The van der Waals surface area contributed by atoms with Crippen LogP contribution in [0.2, 0.25) is 0 Å². The highest BCUT2D eigenvalue weighted by atomic mass is 16.7. The highest BCUT2D eigenvalue weighted by Crippen LogP contribution is 2.42. The van der Waals surface area contributed by atoms with Gasteiger partial charge < -0.3 is 9.47 Å². The first-order valence-corrected chi connectivity index (χ1v) is 4.77. The van der Waals surface area contributed by atoms with E-state index in [0.29, 0.717) is 13.2 Å². The number of aldehydes is 1. The lowest BCUT2D eigenvalue weighted by Crippen LogP contribution is -2.33. The Morgan fingerprint density at radius 2 is 2.08 bits per heavy atom. The molecule has 3 heteroatoms. The van der Waals surface area contributed by atoms with Gasteiger partial charge in [0, 0.05) is 12.3 Å². The van der Waals surface area contributed by atoms with E-state index in [0.717, 1.165) is 25.5 Å². The number of hydrogen-bond donors (Lipinski definition) is 0. The normalized spacial score (nSPS) is 31.8. The van der Waals surface area contributed by atoms with Gasteiger partial charge in [0.05, 0.1) is 13.2 Å². The molecular formula is C10H14O3. The summed E-state index contributed by atoms with van der Waals surface area (Å²) in [5, 5.41) is 0. The summed E-state index contributed by atoms with van der Waals surface area (Å²) < 4.78 is 11.2. The third-order valence-corrected chi connectivity index (χ3v) is 2.80. The van der Waals surface area contributed by atoms with Crippen molar-refractivity contribution in [3.8, 4) is 0 Å². The summed E-state index contributed by atoms with van der Waals surface area (Å²) >= 11 is 0. The second-order valence-electron chi connectivity index (χ2n) is 3.53. The summed E-state index contributed by atoms with van der Waals surface area (Å²) in [6.45, 7) is 1.37. The first-order chi connectivity index (χ1) is 6.37. The van der Waals surface area contributed by atoms with Gasteiger partial charge in [-0.25, -0.2) is 0 Å². The zero-order valence-electron chi connectivity index (χ0n) is 7.57. The predicted molar refractivity (Wildman–Crippen MR) is 47.2 cm³/mol. The van der Waals surface area contributed by atoms with Gasteiger partial charge >= 0.3 is 0 Å². The molecule has 1 saturated heterocycles. The Hall–Kier alpha value is -0.670. The van der Waals surface area contributed by atoms with Crippen LogP contribution in [0.3, 0.4) is 0 Å². The molecule has 1 aliphatic carbocycles. The molecule has 1 saturated carbocycles. The molecule has 1 spiro atoms. The van der Waals surface area contributed by atoms with Crippen molar-refractivity contribution in [3.05, 3.63) is 12.2 Å². The minimum Gasteiger partial charge on any atom is -0.347 e. The fourth-order valence-electron chi connectivity index (χ4n) is 2.22. The van der Waals surface area contributed by atoms with Crippen LogP contribution in [0, 0.1) is 5.92 Å². The molecule has 2 rings (SSSR count). The molecule has 0 aromatic heterocycles. The van der Waals surface area contributed by atoms with E-state index in [1.54, 1.807) is 6.08 Å². The highest BCUT2D eigenvalue weighted by Gasteiger charge is 2.46. The topological polar surface area (TPSA) is 35.5 Å². The predicted octanol–water partition coefficient (Wildman–Crippen LogP) is 1.28. The summed E-state index contributed by atoms with van der Waals surface area (Å²) in [4.78, 5) is 10.2. The number of rotatable bonds is 2. The van der Waals surface area contributed by atoms with Gasteiger partial charge in [0.1, 0.15) is 6.29 Å². The summed E-state index contributed by atoms with van der Waals surface area (Å²) in [7, 11) is 0. The van der Waals surface area contributed by atoms with Crippen LogP contribution < -0.4 is 0 Å². The van der Waals surface area contributed by atoms with Gasteiger partial charge in [-0.05, 0) is 18.9 Å². The van der Waals surface area contributed by atoms with Crippen LogP contribution in [0.1, 0.15) is 19.3 Å². The lowest BCUT2D eigenvalue weighted by Gasteiger charge is -2.26. The second kappa shape index (κ2) is 3.60. The Morgan fingerprint density at radius 3 is 2.77 bits per heavy atom. The molecule has 0 amide bonds. The molecule has 0 aromatic rings. The molecule has 0 radical (unpaired) electrons. The summed E-state index contributed by atoms with van der Waals surface area (Å²) in [5.74, 6) is -0.125. The van der Waals surface area contributed by atoms with E-state index in [4.69, 9.17) is 9.47 Å². The smallest absolute Gasteiger partial charge is 0.174 e. The Kier molecular flexibility index (Phi) is 2.47. The SMILES string of the molecule is O=C/C=C/C1CCCC12OCCO2. The van der Waals surface area contributed by atoms with Gasteiger partial charge in [0.25, 0.3) is 0 Å². The van der Waals surface area contributed by atoms with Crippen molar-refractivity contribution in [2.75, 3.05) is 13.2 Å². The van der Waals surface area contributed by atoms with E-state index in [1.165, 1.54) is 0 Å². The van der Waals surface area contributed by atoms with Gasteiger partial charge in [-0.15, -0.1) is 0 Å². The number of allylic oxidation sites excluding steroid dienone is 1. The Bertz CT molecular complexity index is 211. The van der Waals surface area contributed by atoms with E-state index in [9.17, 15) is 4.79 Å². The number of hydrogen-bond acceptors (Lipinski definition) is 3. The van der Waals surface area contributed by atoms with Gasteiger partial charge in [-0.3, -0.25) is 4.79 Å². The quantitative estimate of drug-likeness (QED) is 0.476. The second-order valence-corrected chi connectivity index (χ2v) is 3.53. The minimum absolute atomic E-state index is 0.264. The van der Waals surface area contributed by atoms with Gasteiger partial charge in [0.2, 0.25) is 0 Å². The van der Waals surface area contributed by atoms with Crippen molar-refractivity contribution in [3.63, 3.8) is 0 Å². The maximum atomic E-state index is 10.2. The third-order valence-electron chi connectivity index (χ3n) is 2.80. The molecule has 72 valence electrons. The zero-order valence-corrected chi connectivity index (χ0v) is 7.57. The highest BCUT2D eigenvalue weighted by molar-refractivity contribution is 5.64. The Morgan fingerprint density at radius 1 is 1.31 bits per heavy atom. The van der Waals surface area contributed by atoms with Crippen molar-refractivity contribution in [1.82, 2.24) is 0 Å². The monoisotopic (exact) mass is 182 g/mol. The maximum Gasteiger partial charge on any atom is 0.174 e. The maximum absolute atomic E-state index is 10.2. The van der Waals surface area contributed by atoms with Crippen LogP contribution in [-0.4, -0.2) is 25.3 Å². The van der Waals surface area contributed by atoms with E-state index < -0.39 is 0 Å². The van der Waals surface area contributed by atoms with Crippen molar-refractivity contribution >= 4 is 6.29 Å². The fraction of sp³-hybridized carbons (Fsp3) is 0.700. The van der Waals surface area contributed by atoms with Crippen LogP contribution in [0.4, 0.5) is 0 Å². The largest absolute Gasteiger partial charge is 0.347 e. The van der Waals surface area contributed by atoms with Crippen LogP contribution in [0.5, 0.6) is 0 Å². The van der Waals surface area contributed by atoms with Crippen molar-refractivity contribution in [2.45, 2.75) is 25.0 Å². The molecule has 0 aromatic carbocycles. The van der Waals surface area contributed by atoms with Crippen LogP contribution in [-0.2, 0) is 14.3 Å². The summed E-state index contributed by atoms with van der Waals surface area (Å²) in [6.07, 6.45) is 7.40. The molecular weight excluding hydrogens is 168 g/mol. The number of carbonyl (C=O) groups excluding carboxylic acids is 1. The molecule has 0 bridgehead atoms. The van der Waals surface area contributed by atoms with Crippen molar-refractivity contribution < 1.29 is 14.3 Å². The zero-order chi connectivity index (χ0) is 9.15. The van der Waals surface area contributed by atoms with Crippen molar-refractivity contribution in [1.29, 1.82) is 0 Å². The minimum atomic E-state index is -0.389. The summed E-state index contributed by atoms with van der Waals surface area (Å²) in [6, 6.07) is 0. The molecule has 1 atom stereocenters. The van der Waals surface area contributed by atoms with Crippen molar-refractivity contribution in [2.24, 2.45) is 5.92 Å². The molecule has 1 heterocycles. The fourth-order valence-corrected chi connectivity index (χ4v) is 2.22. The molecule has 13 heavy (non-hydrogen) atoms. The van der Waals surface area contributed by atoms with E-state index in [-0.39, 0.29) is 11.7 Å². The number of ether oxygens (including phenoxy) is 2. The van der Waals surface area contributed by atoms with Crippen LogP contribution in [0.25, 0.3) is 0 Å². The first-order valence-electron chi connectivity index (χ1n) is 4.77. The average molecular weight is 182 g/mol. The van der Waals surface area contributed by atoms with Gasteiger partial charge in [-0.2, -0.15) is 0 Å². The van der Waals surface area contributed by atoms with E-state index in [1.807, 2.05) is 6.08 Å². The standard InChI is InChI=1S/C10H14O3/c11-6-2-4-9-3-1-5-10(9)12-7-8-13-10/h2,4,6,9H,1,3,5,7-8H2/b4-2+. The Labute approximate surface area is 77.7 Å². The molecule has 3 nitrogen and oxygen atoms in total. The van der Waals surface area contributed by atoms with Gasteiger partial charge in [0.15, 0.2) is 5.79 Å². The van der Waals surface area contributed by atoms with Gasteiger partial charge in [-0.1, -0.05) is 6.08 Å². The first kappa shape index (κ1) is 8.91. The lowest BCUT2D eigenvalue weighted by atomic mass is 10.0. The van der Waals surface area contributed by atoms with E-state index in [2.05, 4.69) is 0 Å². The molecule has 1 aliphatic heterocycles. The molecule has 2 aliphatic rings. The molecule has 1 unspecified atom stereocenters. The average Bonchev–Trinajstić information content (AvgIpc) is 2.75. The summed E-state index contributed by atoms with van der Waals surface area (Å²) in [5.41, 5.74) is 0. The van der Waals surface area contributed by atoms with E-state index >= 15 is 0 Å². The third kappa shape index (κ3) is 1.54. The molecule has 0 N–H and O–H groups in total. The van der Waals surface area contributed by atoms with Crippen LogP contribution in [0.15, 0.2) is 12.2 Å². The van der Waals surface area contributed by atoms with Crippen LogP contribution >= 0.6 is 0 Å². The number of carbonyl (C=O) groups is 1. The molecule has 2 fully saturated rings.